The summed E-state index contributed by atoms with van der Waals surface area (Å²) < 4.78 is 6.63. The third kappa shape index (κ3) is 6.16. The SMILES string of the molecule is C/C=C\C(C)(C)CCCC(C)/C(=C\C)c1cccc(-n2ncc(C(=O)OC)c2CC)n1. The molecule has 168 valence electrons. The smallest absolute Gasteiger partial charge is 0.341 e. The molecule has 2 aromatic heterocycles. The molecule has 0 bridgehead atoms. The topological polar surface area (TPSA) is 57.0 Å². The number of carbonyl (C=O) groups is 1. The van der Waals surface area contributed by atoms with Crippen LogP contribution < -0.4 is 0 Å². The Morgan fingerprint density at radius 3 is 2.65 bits per heavy atom. The number of hydrogen-bond acceptors (Lipinski definition) is 4. The molecule has 0 aliphatic heterocycles. The second-order valence-electron chi connectivity index (χ2n) is 8.67. The van der Waals surface area contributed by atoms with E-state index < -0.39 is 0 Å². The number of aromatic nitrogens is 3. The van der Waals surface area contributed by atoms with Crippen LogP contribution in [0.5, 0.6) is 0 Å². The monoisotopic (exact) mass is 423 g/mol. The Morgan fingerprint density at radius 1 is 1.29 bits per heavy atom. The van der Waals surface area contributed by atoms with Gasteiger partial charge in [0, 0.05) is 0 Å². The van der Waals surface area contributed by atoms with E-state index >= 15 is 0 Å². The van der Waals surface area contributed by atoms with Gasteiger partial charge in [0.05, 0.1) is 24.7 Å². The normalized spacial score (nSPS) is 13.6. The molecule has 2 heterocycles. The second kappa shape index (κ2) is 11.1. The summed E-state index contributed by atoms with van der Waals surface area (Å²) in [6.07, 6.45) is 12.3. The molecule has 0 N–H and O–H groups in total. The van der Waals surface area contributed by atoms with Gasteiger partial charge in [0.1, 0.15) is 5.56 Å². The van der Waals surface area contributed by atoms with Crippen LogP contribution in [-0.4, -0.2) is 27.8 Å². The van der Waals surface area contributed by atoms with Crippen molar-refractivity contribution in [2.24, 2.45) is 11.3 Å². The van der Waals surface area contributed by atoms with Crippen LogP contribution in [0.4, 0.5) is 0 Å². The largest absolute Gasteiger partial charge is 0.465 e. The van der Waals surface area contributed by atoms with E-state index in [2.05, 4.69) is 64.0 Å². The molecule has 0 saturated carbocycles. The van der Waals surface area contributed by atoms with Crippen LogP contribution in [0, 0.1) is 11.3 Å². The lowest BCUT2D eigenvalue weighted by Gasteiger charge is -2.22. The summed E-state index contributed by atoms with van der Waals surface area (Å²) in [7, 11) is 1.39. The van der Waals surface area contributed by atoms with Gasteiger partial charge < -0.3 is 4.74 Å². The Morgan fingerprint density at radius 2 is 2.03 bits per heavy atom. The van der Waals surface area contributed by atoms with Crippen molar-refractivity contribution in [1.29, 1.82) is 0 Å². The van der Waals surface area contributed by atoms with E-state index in [0.29, 0.717) is 23.7 Å². The van der Waals surface area contributed by atoms with Crippen LogP contribution in [0.3, 0.4) is 0 Å². The van der Waals surface area contributed by atoms with Gasteiger partial charge in [-0.05, 0) is 62.1 Å². The number of methoxy groups -OCH3 is 1. The summed E-state index contributed by atoms with van der Waals surface area (Å²) in [4.78, 5) is 16.9. The van der Waals surface area contributed by atoms with Crippen LogP contribution in [-0.2, 0) is 11.2 Å². The molecule has 2 aromatic rings. The van der Waals surface area contributed by atoms with Crippen molar-refractivity contribution < 1.29 is 9.53 Å². The first-order valence-corrected chi connectivity index (χ1v) is 11.2. The van der Waals surface area contributed by atoms with Crippen LogP contribution in [0.15, 0.2) is 42.6 Å². The Balaban J connectivity index is 2.23. The average Bonchev–Trinajstić information content (AvgIpc) is 3.18. The maximum absolute atomic E-state index is 12.1. The Kier molecular flexibility index (Phi) is 8.78. The van der Waals surface area contributed by atoms with Gasteiger partial charge in [-0.25, -0.2) is 14.5 Å². The minimum atomic E-state index is -0.372. The number of nitrogens with zero attached hydrogens (tertiary/aromatic N) is 3. The van der Waals surface area contributed by atoms with E-state index in [4.69, 9.17) is 9.72 Å². The van der Waals surface area contributed by atoms with E-state index in [1.807, 2.05) is 19.1 Å². The molecule has 5 heteroatoms. The first kappa shape index (κ1) is 24.6. The molecular weight excluding hydrogens is 386 g/mol. The second-order valence-corrected chi connectivity index (χ2v) is 8.67. The predicted molar refractivity (Wildman–Crippen MR) is 127 cm³/mol. The van der Waals surface area contributed by atoms with E-state index in [1.54, 1.807) is 10.9 Å². The molecule has 0 spiro atoms. The fourth-order valence-electron chi connectivity index (χ4n) is 4.13. The lowest BCUT2D eigenvalue weighted by Crippen LogP contribution is -2.10. The molecule has 5 nitrogen and oxygen atoms in total. The van der Waals surface area contributed by atoms with Crippen LogP contribution in [0.2, 0.25) is 0 Å². The summed E-state index contributed by atoms with van der Waals surface area (Å²) in [5.74, 6) is 0.746. The zero-order chi connectivity index (χ0) is 23.0. The van der Waals surface area contributed by atoms with Crippen molar-refractivity contribution in [3.8, 4) is 5.82 Å². The minimum absolute atomic E-state index is 0.233. The van der Waals surface area contributed by atoms with Gasteiger partial charge in [0.25, 0.3) is 0 Å². The van der Waals surface area contributed by atoms with Gasteiger partial charge in [0.2, 0.25) is 0 Å². The zero-order valence-corrected chi connectivity index (χ0v) is 20.1. The number of carbonyl (C=O) groups excluding carboxylic acids is 1. The number of hydrogen-bond donors (Lipinski definition) is 0. The van der Waals surface area contributed by atoms with Crippen molar-refractivity contribution >= 4 is 11.5 Å². The summed E-state index contributed by atoms with van der Waals surface area (Å²) in [5.41, 5.74) is 3.72. The average molecular weight is 424 g/mol. The molecule has 0 fully saturated rings. The van der Waals surface area contributed by atoms with Crippen LogP contribution in [0.1, 0.15) is 82.6 Å². The Hall–Kier alpha value is -2.69. The number of rotatable bonds is 10. The highest BCUT2D eigenvalue weighted by molar-refractivity contribution is 5.90. The van der Waals surface area contributed by atoms with Crippen molar-refractivity contribution in [2.45, 2.75) is 67.2 Å². The molecule has 1 atom stereocenters. The summed E-state index contributed by atoms with van der Waals surface area (Å²) in [6, 6.07) is 5.98. The molecular formula is C26H37N3O2. The number of esters is 1. The Bertz CT molecular complexity index is 938. The fraction of sp³-hybridized carbons (Fsp3) is 0.500. The van der Waals surface area contributed by atoms with E-state index in [-0.39, 0.29) is 11.4 Å². The lowest BCUT2D eigenvalue weighted by molar-refractivity contribution is 0.0599. The third-order valence-corrected chi connectivity index (χ3v) is 5.77. The summed E-state index contributed by atoms with van der Waals surface area (Å²) in [6.45, 7) is 13.0. The minimum Gasteiger partial charge on any atom is -0.465 e. The first-order valence-electron chi connectivity index (χ1n) is 11.2. The number of pyridine rings is 1. The highest BCUT2D eigenvalue weighted by Crippen LogP contribution is 2.31. The molecule has 0 aromatic carbocycles. The van der Waals surface area contributed by atoms with Crippen molar-refractivity contribution in [3.05, 3.63) is 59.6 Å². The van der Waals surface area contributed by atoms with E-state index in [0.717, 1.165) is 30.7 Å². The molecule has 2 rings (SSSR count). The van der Waals surface area contributed by atoms with E-state index in [9.17, 15) is 4.79 Å². The molecule has 0 saturated heterocycles. The van der Waals surface area contributed by atoms with Gasteiger partial charge in [-0.2, -0.15) is 5.10 Å². The number of allylic oxidation sites excluding steroid dienone is 4. The molecule has 0 amide bonds. The lowest BCUT2D eigenvalue weighted by atomic mass is 9.84. The quantitative estimate of drug-likeness (QED) is 0.326. The van der Waals surface area contributed by atoms with Gasteiger partial charge in [-0.3, -0.25) is 0 Å². The highest BCUT2D eigenvalue weighted by Gasteiger charge is 2.20. The third-order valence-electron chi connectivity index (χ3n) is 5.77. The van der Waals surface area contributed by atoms with Crippen LogP contribution in [0.25, 0.3) is 11.4 Å². The van der Waals surface area contributed by atoms with E-state index in [1.165, 1.54) is 12.7 Å². The molecule has 0 aliphatic carbocycles. The van der Waals surface area contributed by atoms with Crippen LogP contribution >= 0.6 is 0 Å². The zero-order valence-electron chi connectivity index (χ0n) is 20.1. The molecule has 31 heavy (non-hydrogen) atoms. The maximum atomic E-state index is 12.1. The summed E-state index contributed by atoms with van der Waals surface area (Å²) in [5, 5.41) is 4.42. The van der Waals surface area contributed by atoms with Crippen molar-refractivity contribution in [1.82, 2.24) is 14.8 Å². The predicted octanol–water partition coefficient (Wildman–Crippen LogP) is 6.43. The molecule has 0 aliphatic rings. The van der Waals surface area contributed by atoms with Gasteiger partial charge >= 0.3 is 5.97 Å². The van der Waals surface area contributed by atoms with Gasteiger partial charge in [-0.15, -0.1) is 0 Å². The fourth-order valence-corrected chi connectivity index (χ4v) is 4.13. The maximum Gasteiger partial charge on any atom is 0.341 e. The number of ether oxygens (including phenoxy) is 1. The first-order chi connectivity index (χ1) is 14.8. The van der Waals surface area contributed by atoms with Crippen molar-refractivity contribution in [2.75, 3.05) is 7.11 Å². The molecule has 0 radical (unpaired) electrons. The molecule has 1 unspecified atom stereocenters. The van der Waals surface area contributed by atoms with Gasteiger partial charge in [-0.1, -0.05) is 58.4 Å². The Labute approximate surface area is 187 Å². The highest BCUT2D eigenvalue weighted by atomic mass is 16.5. The van der Waals surface area contributed by atoms with Gasteiger partial charge in [0.15, 0.2) is 5.82 Å². The van der Waals surface area contributed by atoms with Crippen molar-refractivity contribution in [3.63, 3.8) is 0 Å². The standard InChI is InChI=1S/C26H37N3O2/c1-8-16-26(5,6)17-12-13-19(4)20(9-2)22-14-11-15-24(28-22)29-23(10-3)21(18-27-29)25(30)31-7/h8-9,11,14-16,18-19H,10,12-13,17H2,1-7H3/b16-8-,20-9+. The summed E-state index contributed by atoms with van der Waals surface area (Å²) >= 11 is 0.